The molecule has 6 heteroatoms. The van der Waals surface area contributed by atoms with E-state index in [1.165, 1.54) is 26.0 Å². The van der Waals surface area contributed by atoms with Crippen molar-refractivity contribution in [1.29, 1.82) is 0 Å². The van der Waals surface area contributed by atoms with E-state index in [1.807, 2.05) is 6.07 Å². The third kappa shape index (κ3) is 3.15. The topological polar surface area (TPSA) is 37.3 Å². The maximum atomic E-state index is 11.0. The molecule has 0 aliphatic heterocycles. The van der Waals surface area contributed by atoms with E-state index in [2.05, 4.69) is 43.8 Å². The Labute approximate surface area is 146 Å². The summed E-state index contributed by atoms with van der Waals surface area (Å²) >= 11 is 9.39. The maximum absolute atomic E-state index is 11.0. The first-order valence-electron chi connectivity index (χ1n) is 6.80. The van der Waals surface area contributed by atoms with Crippen LogP contribution in [0.15, 0.2) is 36.4 Å². The Kier molecular flexibility index (Phi) is 4.73. The van der Waals surface area contributed by atoms with Crippen molar-refractivity contribution >= 4 is 52.6 Å². The van der Waals surface area contributed by atoms with Gasteiger partial charge in [0.1, 0.15) is 4.88 Å². The molecule has 0 aliphatic rings. The fourth-order valence-corrected chi connectivity index (χ4v) is 5.41. The van der Waals surface area contributed by atoms with Gasteiger partial charge < -0.3 is 5.11 Å². The Morgan fingerprint density at radius 1 is 1.00 bits per heavy atom. The number of carboxylic acid groups (broad SMARTS) is 1. The van der Waals surface area contributed by atoms with Crippen molar-refractivity contribution in [2.75, 3.05) is 0 Å². The Balaban J connectivity index is 1.86. The van der Waals surface area contributed by atoms with Crippen LogP contribution in [-0.2, 0) is 0 Å². The van der Waals surface area contributed by atoms with Crippen LogP contribution in [0, 0.1) is 0 Å². The van der Waals surface area contributed by atoms with Crippen molar-refractivity contribution in [2.24, 2.45) is 0 Å². The van der Waals surface area contributed by atoms with E-state index in [0.717, 1.165) is 16.2 Å². The van der Waals surface area contributed by atoms with Gasteiger partial charge in [-0.05, 0) is 42.8 Å². The maximum Gasteiger partial charge on any atom is 0.345 e. The van der Waals surface area contributed by atoms with Crippen molar-refractivity contribution in [3.05, 3.63) is 46.2 Å². The fraction of sp³-hybridized carbons (Fsp3) is 0.188. The van der Waals surface area contributed by atoms with Crippen molar-refractivity contribution in [2.45, 2.75) is 18.6 Å². The summed E-state index contributed by atoms with van der Waals surface area (Å²) in [7, 11) is 0. The molecule has 3 rings (SSSR count). The summed E-state index contributed by atoms with van der Waals surface area (Å²) in [5, 5.41) is 9.31. The number of carboxylic acids is 1. The SMILES string of the molecule is CCC(S)c1ccc(-c2ccc(-c3ccc(C(=O)O)s3)s2)s1. The van der Waals surface area contributed by atoms with Gasteiger partial charge in [-0.2, -0.15) is 12.6 Å². The highest BCUT2D eigenvalue weighted by Crippen LogP contribution is 2.41. The van der Waals surface area contributed by atoms with Crippen LogP contribution in [-0.4, -0.2) is 11.1 Å². The van der Waals surface area contributed by atoms with Crippen LogP contribution in [0.3, 0.4) is 0 Å². The van der Waals surface area contributed by atoms with E-state index >= 15 is 0 Å². The first kappa shape index (κ1) is 15.8. The van der Waals surface area contributed by atoms with Gasteiger partial charge >= 0.3 is 5.97 Å². The lowest BCUT2D eigenvalue weighted by atomic mass is 10.3. The van der Waals surface area contributed by atoms with E-state index in [4.69, 9.17) is 5.11 Å². The predicted octanol–water partition coefficient (Wildman–Crippen LogP) is 6.28. The normalized spacial score (nSPS) is 12.5. The van der Waals surface area contributed by atoms with Crippen LogP contribution in [0.25, 0.3) is 19.5 Å². The zero-order chi connectivity index (χ0) is 15.7. The summed E-state index contributed by atoms with van der Waals surface area (Å²) in [4.78, 5) is 17.2. The second kappa shape index (κ2) is 6.58. The molecule has 2 nitrogen and oxygen atoms in total. The van der Waals surface area contributed by atoms with Crippen molar-refractivity contribution < 1.29 is 9.90 Å². The third-order valence-electron chi connectivity index (χ3n) is 3.25. The smallest absolute Gasteiger partial charge is 0.345 e. The average molecular weight is 367 g/mol. The quantitative estimate of drug-likeness (QED) is 0.521. The number of aromatic carboxylic acids is 1. The Bertz CT molecular complexity index is 797. The molecule has 3 aromatic heterocycles. The molecule has 0 saturated heterocycles. The van der Waals surface area contributed by atoms with E-state index in [1.54, 1.807) is 28.7 Å². The molecule has 0 aliphatic carbocycles. The first-order valence-corrected chi connectivity index (χ1v) is 9.76. The summed E-state index contributed by atoms with van der Waals surface area (Å²) in [6.07, 6.45) is 1.02. The lowest BCUT2D eigenvalue weighted by Crippen LogP contribution is -1.89. The largest absolute Gasteiger partial charge is 0.477 e. The molecule has 114 valence electrons. The van der Waals surface area contributed by atoms with Gasteiger partial charge in [0.15, 0.2) is 0 Å². The summed E-state index contributed by atoms with van der Waals surface area (Å²) in [5.41, 5.74) is 0. The van der Waals surface area contributed by atoms with Gasteiger partial charge in [0.2, 0.25) is 0 Å². The summed E-state index contributed by atoms with van der Waals surface area (Å²) in [6.45, 7) is 2.14. The Morgan fingerprint density at radius 2 is 1.55 bits per heavy atom. The van der Waals surface area contributed by atoms with Gasteiger partial charge in [0, 0.05) is 29.6 Å². The van der Waals surface area contributed by atoms with Gasteiger partial charge in [-0.15, -0.1) is 34.0 Å². The molecule has 1 unspecified atom stereocenters. The standard InChI is InChI=1S/C16H14O2S4/c1-2-9(19)10-3-4-11(20-10)12-5-6-13(21-12)14-7-8-15(22-14)16(17)18/h3-9,19H,2H2,1H3,(H,17,18). The molecule has 0 spiro atoms. The molecule has 3 aromatic rings. The first-order chi connectivity index (χ1) is 10.6. The monoisotopic (exact) mass is 366 g/mol. The third-order valence-corrected chi connectivity index (χ3v) is 7.82. The summed E-state index contributed by atoms with van der Waals surface area (Å²) in [6, 6.07) is 12.0. The summed E-state index contributed by atoms with van der Waals surface area (Å²) in [5.74, 6) is -0.865. The molecule has 3 heterocycles. The molecule has 0 amide bonds. The molecule has 0 saturated carbocycles. The van der Waals surface area contributed by atoms with E-state index in [9.17, 15) is 4.79 Å². The van der Waals surface area contributed by atoms with Crippen LogP contribution in [0.2, 0.25) is 0 Å². The minimum atomic E-state index is -0.865. The van der Waals surface area contributed by atoms with Crippen molar-refractivity contribution in [3.63, 3.8) is 0 Å². The molecule has 0 bridgehead atoms. The molecule has 0 fully saturated rings. The van der Waals surface area contributed by atoms with Gasteiger partial charge in [0.25, 0.3) is 0 Å². The van der Waals surface area contributed by atoms with Crippen LogP contribution < -0.4 is 0 Å². The van der Waals surface area contributed by atoms with Gasteiger partial charge in [0.05, 0.1) is 0 Å². The number of hydrogen-bond acceptors (Lipinski definition) is 5. The van der Waals surface area contributed by atoms with E-state index < -0.39 is 5.97 Å². The zero-order valence-electron chi connectivity index (χ0n) is 11.8. The molecular formula is C16H14O2S4. The van der Waals surface area contributed by atoms with Gasteiger partial charge in [-0.1, -0.05) is 6.92 Å². The highest BCUT2D eigenvalue weighted by atomic mass is 32.1. The van der Waals surface area contributed by atoms with Crippen LogP contribution in [0.5, 0.6) is 0 Å². The van der Waals surface area contributed by atoms with Gasteiger partial charge in [-0.3, -0.25) is 0 Å². The van der Waals surface area contributed by atoms with Gasteiger partial charge in [-0.25, -0.2) is 4.79 Å². The highest BCUT2D eigenvalue weighted by molar-refractivity contribution is 7.80. The lowest BCUT2D eigenvalue weighted by molar-refractivity contribution is 0.0702. The molecule has 1 atom stereocenters. The number of carbonyl (C=O) groups is 1. The van der Waals surface area contributed by atoms with Crippen molar-refractivity contribution in [1.82, 2.24) is 0 Å². The minimum Gasteiger partial charge on any atom is -0.477 e. The number of thiophene rings is 3. The second-order valence-corrected chi connectivity index (χ2v) is 8.67. The Morgan fingerprint density at radius 3 is 2.14 bits per heavy atom. The molecular weight excluding hydrogens is 352 g/mol. The average Bonchev–Trinajstić information content (AvgIpc) is 3.22. The zero-order valence-corrected chi connectivity index (χ0v) is 15.1. The molecule has 0 aromatic carbocycles. The molecule has 22 heavy (non-hydrogen) atoms. The second-order valence-electron chi connectivity index (χ2n) is 4.76. The lowest BCUT2D eigenvalue weighted by Gasteiger charge is -2.02. The minimum absolute atomic E-state index is 0.300. The summed E-state index contributed by atoms with van der Waals surface area (Å²) < 4.78 is 0. The van der Waals surface area contributed by atoms with Crippen molar-refractivity contribution in [3.8, 4) is 19.5 Å². The van der Waals surface area contributed by atoms with Crippen LogP contribution in [0.1, 0.15) is 33.1 Å². The molecule has 0 radical (unpaired) electrons. The highest BCUT2D eigenvalue weighted by Gasteiger charge is 2.13. The Hall–Kier alpha value is -1.08. The number of rotatable bonds is 5. The number of hydrogen-bond donors (Lipinski definition) is 2. The molecule has 1 N–H and O–H groups in total. The van der Waals surface area contributed by atoms with Crippen LogP contribution >= 0.6 is 46.6 Å². The van der Waals surface area contributed by atoms with Crippen LogP contribution in [0.4, 0.5) is 0 Å². The van der Waals surface area contributed by atoms with E-state index in [-0.39, 0.29) is 0 Å². The number of thiol groups is 1. The predicted molar refractivity (Wildman–Crippen MR) is 99.9 cm³/mol. The fourth-order valence-electron chi connectivity index (χ4n) is 2.05. The van der Waals surface area contributed by atoms with E-state index in [0.29, 0.717) is 10.1 Å².